The van der Waals surface area contributed by atoms with Crippen LogP contribution in [0, 0.1) is 28.6 Å². The third kappa shape index (κ3) is 2.74. The van der Waals surface area contributed by atoms with Gasteiger partial charge in [-0.15, -0.1) is 11.3 Å². The Hall–Kier alpha value is -0.870. The fourth-order valence-electron chi connectivity index (χ4n) is 7.69. The second-order valence-corrected chi connectivity index (χ2v) is 11.2. The summed E-state index contributed by atoms with van der Waals surface area (Å²) in [5, 5.41) is 13.6. The lowest BCUT2D eigenvalue weighted by atomic mass is 9.47. The smallest absolute Gasteiger partial charge is 0.224 e. The van der Waals surface area contributed by atoms with Crippen LogP contribution in [-0.4, -0.2) is 22.8 Å². The monoisotopic (exact) mass is 401 g/mol. The number of fused-ring (bicyclic) bond motifs is 5. The minimum absolute atomic E-state index is 0.106. The predicted octanol–water partition coefficient (Wildman–Crippen LogP) is 5.95. The molecule has 0 amide bonds. The molecular weight excluding hydrogens is 366 g/mol. The van der Waals surface area contributed by atoms with Gasteiger partial charge in [-0.1, -0.05) is 25.5 Å². The Balaban J connectivity index is 1.42. The first-order chi connectivity index (χ1) is 13.5. The number of ether oxygens (including phenoxy) is 1. The lowest BCUT2D eigenvalue weighted by molar-refractivity contribution is -0.0409. The SMILES string of the molecule is CCOc1csc([C@H]2CC[C@H]3[C@@H]4CC=C5C[C@@H](O)CC[C@]5(C)[C@H]4CC[C@]23C)n1. The summed E-state index contributed by atoms with van der Waals surface area (Å²) in [4.78, 5) is 4.87. The number of hydrogen-bond donors (Lipinski definition) is 1. The van der Waals surface area contributed by atoms with Gasteiger partial charge in [-0.2, -0.15) is 0 Å². The van der Waals surface area contributed by atoms with Crippen molar-refractivity contribution in [3.63, 3.8) is 0 Å². The van der Waals surface area contributed by atoms with Crippen molar-refractivity contribution in [3.8, 4) is 5.88 Å². The van der Waals surface area contributed by atoms with Crippen molar-refractivity contribution in [2.45, 2.75) is 84.2 Å². The second kappa shape index (κ2) is 6.84. The summed E-state index contributed by atoms with van der Waals surface area (Å²) in [6, 6.07) is 0. The maximum absolute atomic E-state index is 10.2. The van der Waals surface area contributed by atoms with Crippen LogP contribution in [0.2, 0.25) is 0 Å². The molecule has 0 bridgehead atoms. The first kappa shape index (κ1) is 19.1. The molecule has 3 saturated carbocycles. The van der Waals surface area contributed by atoms with Gasteiger partial charge in [0, 0.05) is 5.92 Å². The van der Waals surface area contributed by atoms with Gasteiger partial charge in [0.05, 0.1) is 18.1 Å². The lowest BCUT2D eigenvalue weighted by Crippen LogP contribution is -2.50. The largest absolute Gasteiger partial charge is 0.477 e. The molecule has 0 aromatic carbocycles. The molecule has 4 aliphatic rings. The minimum Gasteiger partial charge on any atom is -0.477 e. The van der Waals surface area contributed by atoms with Crippen LogP contribution in [-0.2, 0) is 0 Å². The van der Waals surface area contributed by atoms with Crippen LogP contribution in [0.4, 0.5) is 0 Å². The van der Waals surface area contributed by atoms with Crippen LogP contribution in [0.1, 0.15) is 83.1 Å². The Morgan fingerprint density at radius 2 is 2.04 bits per heavy atom. The highest BCUT2D eigenvalue weighted by molar-refractivity contribution is 7.09. The summed E-state index contributed by atoms with van der Waals surface area (Å²) >= 11 is 1.81. The average Bonchev–Trinajstić information content (AvgIpc) is 3.26. The zero-order chi connectivity index (χ0) is 19.5. The fourth-order valence-corrected chi connectivity index (χ4v) is 8.73. The number of hydrogen-bond acceptors (Lipinski definition) is 4. The first-order valence-electron chi connectivity index (χ1n) is 11.4. The maximum Gasteiger partial charge on any atom is 0.224 e. The highest BCUT2D eigenvalue weighted by atomic mass is 32.1. The maximum atomic E-state index is 10.2. The van der Waals surface area contributed by atoms with E-state index in [1.54, 1.807) is 5.57 Å². The molecule has 0 aliphatic heterocycles. The Morgan fingerprint density at radius 1 is 1.18 bits per heavy atom. The summed E-state index contributed by atoms with van der Waals surface area (Å²) in [6.45, 7) is 7.81. The van der Waals surface area contributed by atoms with Gasteiger partial charge >= 0.3 is 0 Å². The van der Waals surface area contributed by atoms with E-state index in [1.807, 2.05) is 18.3 Å². The van der Waals surface area contributed by atoms with Crippen molar-refractivity contribution >= 4 is 11.3 Å². The van der Waals surface area contributed by atoms with Gasteiger partial charge < -0.3 is 9.84 Å². The van der Waals surface area contributed by atoms with Gasteiger partial charge in [0.15, 0.2) is 0 Å². The van der Waals surface area contributed by atoms with E-state index in [4.69, 9.17) is 9.72 Å². The van der Waals surface area contributed by atoms with E-state index < -0.39 is 0 Å². The standard InChI is InChI=1S/C24H35NO2S/c1-4-27-21-14-28-22(25-21)20-8-7-18-17-6-5-15-13-16(26)9-11-23(15,2)19(17)10-12-24(18,20)3/h5,14,16-20,26H,4,6-13H2,1-3H3/t16-,17-,18-,19-,20+,23-,24-/m0/s1. The van der Waals surface area contributed by atoms with Gasteiger partial charge in [-0.25, -0.2) is 4.98 Å². The Morgan fingerprint density at radius 3 is 2.86 bits per heavy atom. The van der Waals surface area contributed by atoms with E-state index in [0.29, 0.717) is 23.4 Å². The molecule has 1 heterocycles. The van der Waals surface area contributed by atoms with Crippen LogP contribution in [0.3, 0.4) is 0 Å². The zero-order valence-corrected chi connectivity index (χ0v) is 18.4. The van der Waals surface area contributed by atoms with E-state index >= 15 is 0 Å². The van der Waals surface area contributed by atoms with E-state index in [2.05, 4.69) is 25.3 Å². The molecule has 0 saturated heterocycles. The zero-order valence-electron chi connectivity index (χ0n) is 17.6. The molecule has 1 N–H and O–H groups in total. The fraction of sp³-hybridized carbons (Fsp3) is 0.792. The average molecular weight is 402 g/mol. The van der Waals surface area contributed by atoms with E-state index in [0.717, 1.165) is 36.5 Å². The van der Waals surface area contributed by atoms with Crippen LogP contribution >= 0.6 is 11.3 Å². The molecule has 4 heteroatoms. The third-order valence-corrected chi connectivity index (χ3v) is 10.1. The number of aliphatic hydroxyl groups is 1. The van der Waals surface area contributed by atoms with Gasteiger partial charge in [0.25, 0.3) is 0 Å². The van der Waals surface area contributed by atoms with Crippen LogP contribution in [0.5, 0.6) is 5.88 Å². The van der Waals surface area contributed by atoms with Crippen molar-refractivity contribution in [3.05, 3.63) is 22.0 Å². The molecule has 1 aromatic rings. The van der Waals surface area contributed by atoms with Crippen molar-refractivity contribution < 1.29 is 9.84 Å². The first-order valence-corrected chi connectivity index (χ1v) is 12.3. The summed E-state index contributed by atoms with van der Waals surface area (Å²) < 4.78 is 5.65. The lowest BCUT2D eigenvalue weighted by Gasteiger charge is -2.58. The molecular formula is C24H35NO2S. The quantitative estimate of drug-likeness (QED) is 0.637. The van der Waals surface area contributed by atoms with Gasteiger partial charge in [-0.3, -0.25) is 0 Å². The molecule has 5 rings (SSSR count). The van der Waals surface area contributed by atoms with Crippen molar-refractivity contribution in [1.29, 1.82) is 0 Å². The third-order valence-electron chi connectivity index (χ3n) is 9.17. The van der Waals surface area contributed by atoms with Gasteiger partial charge in [-0.05, 0) is 86.9 Å². The topological polar surface area (TPSA) is 42.4 Å². The molecule has 154 valence electrons. The summed E-state index contributed by atoms with van der Waals surface area (Å²) in [5.41, 5.74) is 2.30. The van der Waals surface area contributed by atoms with Crippen LogP contribution in [0.25, 0.3) is 0 Å². The van der Waals surface area contributed by atoms with Crippen LogP contribution in [0.15, 0.2) is 17.0 Å². The molecule has 1 aromatic heterocycles. The number of aliphatic hydroxyl groups excluding tert-OH is 1. The Labute approximate surface area is 173 Å². The number of nitrogens with zero attached hydrogens (tertiary/aromatic N) is 1. The van der Waals surface area contributed by atoms with Crippen LogP contribution < -0.4 is 4.74 Å². The van der Waals surface area contributed by atoms with E-state index in [1.165, 1.54) is 43.5 Å². The van der Waals surface area contributed by atoms with Crippen molar-refractivity contribution in [1.82, 2.24) is 4.98 Å². The van der Waals surface area contributed by atoms with Crippen molar-refractivity contribution in [2.24, 2.45) is 28.6 Å². The Bertz CT molecular complexity index is 772. The molecule has 3 fully saturated rings. The summed E-state index contributed by atoms with van der Waals surface area (Å²) in [6.07, 6.45) is 12.1. The number of aromatic nitrogens is 1. The summed E-state index contributed by atoms with van der Waals surface area (Å²) in [5.74, 6) is 3.87. The minimum atomic E-state index is -0.106. The van der Waals surface area contributed by atoms with Gasteiger partial charge in [0.1, 0.15) is 5.01 Å². The van der Waals surface area contributed by atoms with E-state index in [9.17, 15) is 5.11 Å². The van der Waals surface area contributed by atoms with Gasteiger partial charge in [0.2, 0.25) is 5.88 Å². The number of thiazole rings is 1. The highest BCUT2D eigenvalue weighted by Gasteiger charge is 2.59. The number of allylic oxidation sites excluding steroid dienone is 1. The molecule has 0 radical (unpaired) electrons. The van der Waals surface area contributed by atoms with E-state index in [-0.39, 0.29) is 6.10 Å². The molecule has 28 heavy (non-hydrogen) atoms. The van der Waals surface area contributed by atoms with Crippen molar-refractivity contribution in [2.75, 3.05) is 6.61 Å². The molecule has 7 atom stereocenters. The molecule has 3 nitrogen and oxygen atoms in total. The predicted molar refractivity (Wildman–Crippen MR) is 114 cm³/mol. The Kier molecular flexibility index (Phi) is 4.67. The molecule has 4 aliphatic carbocycles. The molecule has 0 spiro atoms. The normalized spacial score (nSPS) is 45.0. The summed E-state index contributed by atoms with van der Waals surface area (Å²) in [7, 11) is 0. The number of rotatable bonds is 3. The highest BCUT2D eigenvalue weighted by Crippen LogP contribution is 2.68. The molecule has 0 unspecified atom stereocenters. The second-order valence-electron chi connectivity index (χ2n) is 10.3.